The molecule has 0 amide bonds. The maximum atomic E-state index is 3.62. The van der Waals surface area contributed by atoms with E-state index in [1.54, 1.807) is 0 Å². The number of alkyl halides is 1. The van der Waals surface area contributed by atoms with Crippen molar-refractivity contribution in [2.45, 2.75) is 40.0 Å². The van der Waals surface area contributed by atoms with Crippen molar-refractivity contribution >= 4 is 15.9 Å². The van der Waals surface area contributed by atoms with Gasteiger partial charge >= 0.3 is 0 Å². The zero-order valence-electron chi connectivity index (χ0n) is 8.36. The monoisotopic (exact) mass is 230 g/mol. The predicted octanol–water partition coefficient (Wildman–Crippen LogP) is 4.15. The van der Waals surface area contributed by atoms with E-state index in [1.165, 1.54) is 30.2 Å². The number of allylic oxidation sites excluding steroid dienone is 2. The largest absolute Gasteiger partial charge is 0.0922 e. The fraction of sp³-hybridized carbons (Fsp3) is 0.818. The number of hydrogen-bond acceptors (Lipinski definition) is 0. The van der Waals surface area contributed by atoms with E-state index in [0.29, 0.717) is 5.41 Å². The van der Waals surface area contributed by atoms with Crippen LogP contribution in [0.3, 0.4) is 0 Å². The van der Waals surface area contributed by atoms with E-state index in [-0.39, 0.29) is 0 Å². The maximum absolute atomic E-state index is 3.62. The molecule has 0 nitrogen and oxygen atoms in total. The van der Waals surface area contributed by atoms with Gasteiger partial charge in [0.05, 0.1) is 0 Å². The number of halogens is 1. The molecule has 70 valence electrons. The first-order chi connectivity index (χ1) is 5.60. The molecular weight excluding hydrogens is 212 g/mol. The van der Waals surface area contributed by atoms with E-state index >= 15 is 0 Å². The smallest absolute Gasteiger partial charge is 0.00907 e. The lowest BCUT2D eigenvalue weighted by Crippen LogP contribution is -2.03. The third-order valence-corrected chi connectivity index (χ3v) is 4.18. The molecule has 0 heterocycles. The molecule has 12 heavy (non-hydrogen) atoms. The molecule has 0 aliphatic heterocycles. The van der Waals surface area contributed by atoms with Gasteiger partial charge in [-0.1, -0.05) is 34.5 Å². The van der Waals surface area contributed by atoms with Gasteiger partial charge < -0.3 is 0 Å². The summed E-state index contributed by atoms with van der Waals surface area (Å²) in [6.07, 6.45) is 6.41. The standard InChI is InChI=1S/C11H19Br/c1-9(2)5-4-6-11(8-12)7-10(11)3/h5,10H,4,6-8H2,1-3H3. The molecule has 0 saturated heterocycles. The van der Waals surface area contributed by atoms with E-state index in [2.05, 4.69) is 42.8 Å². The highest BCUT2D eigenvalue weighted by Gasteiger charge is 2.48. The van der Waals surface area contributed by atoms with Crippen LogP contribution in [0.15, 0.2) is 11.6 Å². The summed E-state index contributed by atoms with van der Waals surface area (Å²) in [6.45, 7) is 6.72. The quantitative estimate of drug-likeness (QED) is 0.503. The van der Waals surface area contributed by atoms with Crippen LogP contribution in [0.4, 0.5) is 0 Å². The summed E-state index contributed by atoms with van der Waals surface area (Å²) < 4.78 is 0. The minimum absolute atomic E-state index is 0.659. The Morgan fingerprint density at radius 1 is 1.58 bits per heavy atom. The van der Waals surface area contributed by atoms with Crippen LogP contribution in [0.5, 0.6) is 0 Å². The van der Waals surface area contributed by atoms with Gasteiger partial charge in [-0.05, 0) is 44.4 Å². The molecular formula is C11H19Br. The first kappa shape index (κ1) is 10.3. The summed E-state index contributed by atoms with van der Waals surface area (Å²) in [6, 6.07) is 0. The highest BCUT2D eigenvalue weighted by atomic mass is 79.9. The molecule has 1 heteroatoms. The van der Waals surface area contributed by atoms with Crippen LogP contribution in [0.2, 0.25) is 0 Å². The molecule has 1 aliphatic rings. The van der Waals surface area contributed by atoms with Crippen molar-refractivity contribution in [1.29, 1.82) is 0 Å². The van der Waals surface area contributed by atoms with Gasteiger partial charge in [-0.15, -0.1) is 0 Å². The van der Waals surface area contributed by atoms with Crippen molar-refractivity contribution in [3.63, 3.8) is 0 Å². The lowest BCUT2D eigenvalue weighted by Gasteiger charge is -2.10. The van der Waals surface area contributed by atoms with Gasteiger partial charge in [-0.3, -0.25) is 0 Å². The molecule has 0 bridgehead atoms. The SMILES string of the molecule is CC(C)=CCCC1(CBr)CC1C. The van der Waals surface area contributed by atoms with E-state index in [0.717, 1.165) is 5.92 Å². The molecule has 0 aromatic carbocycles. The summed E-state index contributed by atoms with van der Waals surface area (Å²) in [4.78, 5) is 0. The van der Waals surface area contributed by atoms with Gasteiger partial charge in [0.1, 0.15) is 0 Å². The van der Waals surface area contributed by atoms with Crippen LogP contribution >= 0.6 is 15.9 Å². The number of rotatable bonds is 4. The molecule has 2 unspecified atom stereocenters. The van der Waals surface area contributed by atoms with E-state index in [4.69, 9.17) is 0 Å². The molecule has 1 aliphatic carbocycles. The fourth-order valence-corrected chi connectivity index (χ4v) is 2.86. The normalized spacial score (nSPS) is 33.2. The second-order valence-corrected chi connectivity index (χ2v) is 4.98. The Balaban J connectivity index is 2.27. The van der Waals surface area contributed by atoms with E-state index in [9.17, 15) is 0 Å². The Kier molecular flexibility index (Phi) is 3.39. The molecule has 0 aromatic heterocycles. The van der Waals surface area contributed by atoms with Gasteiger partial charge in [0, 0.05) is 5.33 Å². The first-order valence-corrected chi connectivity index (χ1v) is 5.92. The average molecular weight is 231 g/mol. The van der Waals surface area contributed by atoms with Gasteiger partial charge in [0.25, 0.3) is 0 Å². The Bertz CT molecular complexity index is 175. The Labute approximate surface area is 84.6 Å². The van der Waals surface area contributed by atoms with Gasteiger partial charge in [-0.25, -0.2) is 0 Å². The van der Waals surface area contributed by atoms with Crippen molar-refractivity contribution in [2.24, 2.45) is 11.3 Å². The molecule has 1 rings (SSSR count). The second-order valence-electron chi connectivity index (χ2n) is 4.42. The zero-order valence-corrected chi connectivity index (χ0v) is 9.95. The van der Waals surface area contributed by atoms with Crippen LogP contribution in [0.1, 0.15) is 40.0 Å². The van der Waals surface area contributed by atoms with Gasteiger partial charge in [0.15, 0.2) is 0 Å². The van der Waals surface area contributed by atoms with Gasteiger partial charge in [0.2, 0.25) is 0 Å². The molecule has 2 atom stereocenters. The highest BCUT2D eigenvalue weighted by molar-refractivity contribution is 9.09. The van der Waals surface area contributed by atoms with Crippen LogP contribution in [-0.4, -0.2) is 5.33 Å². The summed E-state index contributed by atoms with van der Waals surface area (Å²) in [7, 11) is 0. The van der Waals surface area contributed by atoms with Crippen LogP contribution in [0, 0.1) is 11.3 Å². The fourth-order valence-electron chi connectivity index (χ4n) is 1.80. The second kappa shape index (κ2) is 3.95. The molecule has 1 saturated carbocycles. The maximum Gasteiger partial charge on any atom is 0.00907 e. The van der Waals surface area contributed by atoms with Crippen molar-refractivity contribution in [1.82, 2.24) is 0 Å². The molecule has 0 spiro atoms. The Morgan fingerprint density at radius 3 is 2.50 bits per heavy atom. The van der Waals surface area contributed by atoms with E-state index < -0.39 is 0 Å². The molecule has 1 fully saturated rings. The van der Waals surface area contributed by atoms with Crippen LogP contribution in [0.25, 0.3) is 0 Å². The average Bonchev–Trinajstić information content (AvgIpc) is 2.62. The van der Waals surface area contributed by atoms with Crippen molar-refractivity contribution < 1.29 is 0 Å². The minimum Gasteiger partial charge on any atom is -0.0922 e. The summed E-state index contributed by atoms with van der Waals surface area (Å²) in [5, 5.41) is 1.19. The summed E-state index contributed by atoms with van der Waals surface area (Å²) in [5.41, 5.74) is 2.11. The first-order valence-electron chi connectivity index (χ1n) is 4.80. The summed E-state index contributed by atoms with van der Waals surface area (Å²) in [5.74, 6) is 0.947. The number of hydrogen-bond donors (Lipinski definition) is 0. The van der Waals surface area contributed by atoms with Crippen LogP contribution in [-0.2, 0) is 0 Å². The molecule has 0 radical (unpaired) electrons. The van der Waals surface area contributed by atoms with Crippen molar-refractivity contribution in [2.75, 3.05) is 5.33 Å². The third-order valence-electron chi connectivity index (χ3n) is 3.06. The Morgan fingerprint density at radius 2 is 2.17 bits per heavy atom. The molecule has 0 N–H and O–H groups in total. The molecule has 0 aromatic rings. The topological polar surface area (TPSA) is 0 Å². The lowest BCUT2D eigenvalue weighted by molar-refractivity contribution is 0.492. The van der Waals surface area contributed by atoms with Crippen molar-refractivity contribution in [3.05, 3.63) is 11.6 Å². The third kappa shape index (κ3) is 2.35. The van der Waals surface area contributed by atoms with Gasteiger partial charge in [-0.2, -0.15) is 0 Å². The van der Waals surface area contributed by atoms with E-state index in [1.807, 2.05) is 0 Å². The van der Waals surface area contributed by atoms with Crippen LogP contribution < -0.4 is 0 Å². The Hall–Kier alpha value is 0.220. The minimum atomic E-state index is 0.659. The summed E-state index contributed by atoms with van der Waals surface area (Å²) >= 11 is 3.62. The zero-order chi connectivity index (χ0) is 9.19. The lowest BCUT2D eigenvalue weighted by atomic mass is 9.99. The highest BCUT2D eigenvalue weighted by Crippen LogP contribution is 2.56. The van der Waals surface area contributed by atoms with Crippen molar-refractivity contribution in [3.8, 4) is 0 Å². The predicted molar refractivity (Wildman–Crippen MR) is 58.7 cm³/mol.